The van der Waals surface area contributed by atoms with Gasteiger partial charge in [0.25, 0.3) is 5.91 Å². The largest absolute Gasteiger partial charge is 0.455 e. The molecule has 1 aliphatic heterocycles. The third kappa shape index (κ3) is 5.50. The number of anilines is 1. The molecule has 32 heavy (non-hydrogen) atoms. The topological polar surface area (TPSA) is 93.9 Å². The number of amides is 2. The molecule has 3 aromatic rings. The molecule has 0 bridgehead atoms. The highest BCUT2D eigenvalue weighted by molar-refractivity contribution is 7.14. The summed E-state index contributed by atoms with van der Waals surface area (Å²) in [5.41, 5.74) is 1.42. The first kappa shape index (κ1) is 22.4. The Bertz CT molecular complexity index is 1220. The minimum Gasteiger partial charge on any atom is -0.455 e. The fraction of sp³-hybridized carbons (Fsp3) is 0.286. The minimum atomic E-state index is -0.576. The zero-order valence-electron chi connectivity index (χ0n) is 16.9. The number of ether oxygens (including phenoxy) is 1. The van der Waals surface area contributed by atoms with E-state index in [2.05, 4.69) is 9.98 Å². The first-order valence-corrected chi connectivity index (χ1v) is 12.0. The number of hydrogen-bond acceptors (Lipinski definition) is 7. The Morgan fingerprint density at radius 3 is 2.88 bits per heavy atom. The van der Waals surface area contributed by atoms with Crippen LogP contribution in [0.4, 0.5) is 5.13 Å². The van der Waals surface area contributed by atoms with Crippen molar-refractivity contribution >= 4 is 57.2 Å². The molecule has 1 aromatic carbocycles. The molecule has 0 N–H and O–H groups in total. The molecule has 3 heterocycles. The number of carbonyl (C=O) groups excluding carboxylic acids is 3. The zero-order chi connectivity index (χ0) is 22.5. The fourth-order valence-electron chi connectivity index (χ4n) is 3.15. The van der Waals surface area contributed by atoms with Gasteiger partial charge in [-0.2, -0.15) is 4.99 Å². The van der Waals surface area contributed by atoms with Gasteiger partial charge in [-0.05, 0) is 18.1 Å². The third-order valence-electron chi connectivity index (χ3n) is 4.70. The highest BCUT2D eigenvalue weighted by atomic mass is 35.5. The van der Waals surface area contributed by atoms with Gasteiger partial charge >= 0.3 is 5.97 Å². The quantitative estimate of drug-likeness (QED) is 0.474. The van der Waals surface area contributed by atoms with E-state index in [1.54, 1.807) is 16.3 Å². The molecule has 1 aliphatic rings. The molecule has 0 aliphatic carbocycles. The van der Waals surface area contributed by atoms with Gasteiger partial charge in [0.05, 0.1) is 18.7 Å². The Kier molecular flexibility index (Phi) is 7.13. The van der Waals surface area contributed by atoms with Gasteiger partial charge in [0.2, 0.25) is 5.91 Å². The Hall–Kier alpha value is -2.82. The van der Waals surface area contributed by atoms with E-state index in [0.29, 0.717) is 40.2 Å². The van der Waals surface area contributed by atoms with Crippen LogP contribution in [0.2, 0.25) is 5.02 Å². The van der Waals surface area contributed by atoms with Crippen LogP contribution in [0.15, 0.2) is 46.2 Å². The summed E-state index contributed by atoms with van der Waals surface area (Å²) < 4.78 is 6.87. The molecule has 166 valence electrons. The van der Waals surface area contributed by atoms with Crippen molar-refractivity contribution in [3.8, 4) is 0 Å². The second-order valence-electron chi connectivity index (χ2n) is 7.02. The van der Waals surface area contributed by atoms with E-state index in [9.17, 15) is 14.4 Å². The van der Waals surface area contributed by atoms with Crippen molar-refractivity contribution in [1.29, 1.82) is 0 Å². The smallest absolute Gasteiger partial charge is 0.312 e. The van der Waals surface area contributed by atoms with Crippen LogP contribution in [0.3, 0.4) is 0 Å². The Morgan fingerprint density at radius 1 is 1.25 bits per heavy atom. The molecule has 1 saturated heterocycles. The van der Waals surface area contributed by atoms with Crippen molar-refractivity contribution in [2.45, 2.75) is 25.8 Å². The number of thiazole rings is 2. The number of nitrogens with zero attached hydrogens (tertiary/aromatic N) is 4. The zero-order valence-corrected chi connectivity index (χ0v) is 19.3. The molecular formula is C21H19ClN4O4S2. The molecule has 8 nitrogen and oxygen atoms in total. The van der Waals surface area contributed by atoms with Crippen molar-refractivity contribution in [2.24, 2.45) is 4.99 Å². The number of benzene rings is 1. The molecule has 0 unspecified atom stereocenters. The fourth-order valence-corrected chi connectivity index (χ4v) is 4.96. The average molecular weight is 491 g/mol. The summed E-state index contributed by atoms with van der Waals surface area (Å²) in [4.78, 5) is 46.6. The summed E-state index contributed by atoms with van der Waals surface area (Å²) in [5.74, 6) is -1.09. The summed E-state index contributed by atoms with van der Waals surface area (Å²) in [5, 5.41) is 4.76. The SMILES string of the molecule is O=C(COC(=O)Cc1csc(N2CCCC2=O)n1)N=c1sccn1Cc1ccccc1Cl. The van der Waals surface area contributed by atoms with Crippen LogP contribution in [0.25, 0.3) is 0 Å². The van der Waals surface area contributed by atoms with Crippen LogP contribution in [-0.4, -0.2) is 40.5 Å². The summed E-state index contributed by atoms with van der Waals surface area (Å²) in [7, 11) is 0. The molecule has 1 fully saturated rings. The van der Waals surface area contributed by atoms with E-state index in [1.807, 2.05) is 34.3 Å². The van der Waals surface area contributed by atoms with Crippen LogP contribution < -0.4 is 9.70 Å². The van der Waals surface area contributed by atoms with Crippen LogP contribution in [0.1, 0.15) is 24.1 Å². The first-order valence-electron chi connectivity index (χ1n) is 9.85. The highest BCUT2D eigenvalue weighted by Crippen LogP contribution is 2.25. The molecule has 0 radical (unpaired) electrons. The van der Waals surface area contributed by atoms with Gasteiger partial charge in [-0.3, -0.25) is 19.3 Å². The van der Waals surface area contributed by atoms with Crippen LogP contribution in [-0.2, 0) is 32.1 Å². The number of aromatic nitrogens is 2. The average Bonchev–Trinajstić information content (AvgIpc) is 3.50. The lowest BCUT2D eigenvalue weighted by molar-refractivity contribution is -0.147. The summed E-state index contributed by atoms with van der Waals surface area (Å²) >= 11 is 8.83. The predicted octanol–water partition coefficient (Wildman–Crippen LogP) is 3.05. The lowest BCUT2D eigenvalue weighted by atomic mass is 10.2. The number of carbonyl (C=O) groups is 3. The van der Waals surface area contributed by atoms with E-state index in [1.165, 1.54) is 22.7 Å². The lowest BCUT2D eigenvalue weighted by Gasteiger charge is -2.10. The van der Waals surface area contributed by atoms with Crippen molar-refractivity contribution in [2.75, 3.05) is 18.1 Å². The standard InChI is InChI=1S/C21H19ClN4O4S2/c22-16-5-2-1-4-14(16)11-25-8-9-31-20(25)24-17(27)12-30-19(29)10-15-13-32-21(23-15)26-7-3-6-18(26)28/h1-2,4-5,8-9,13H,3,6-7,10-12H2. The monoisotopic (exact) mass is 490 g/mol. The van der Waals surface area contributed by atoms with Crippen molar-refractivity contribution in [1.82, 2.24) is 9.55 Å². The molecular weight excluding hydrogens is 472 g/mol. The summed E-state index contributed by atoms with van der Waals surface area (Å²) in [6.07, 6.45) is 3.07. The Morgan fingerprint density at radius 2 is 2.09 bits per heavy atom. The van der Waals surface area contributed by atoms with Crippen molar-refractivity contribution in [3.05, 3.63) is 62.3 Å². The van der Waals surface area contributed by atoms with E-state index in [0.717, 1.165) is 12.0 Å². The highest BCUT2D eigenvalue weighted by Gasteiger charge is 2.24. The maximum atomic E-state index is 12.2. The molecule has 0 atom stereocenters. The maximum Gasteiger partial charge on any atom is 0.312 e. The van der Waals surface area contributed by atoms with E-state index < -0.39 is 18.5 Å². The van der Waals surface area contributed by atoms with Gasteiger partial charge in [-0.25, -0.2) is 4.98 Å². The van der Waals surface area contributed by atoms with Gasteiger partial charge < -0.3 is 9.30 Å². The number of esters is 1. The molecule has 11 heteroatoms. The maximum absolute atomic E-state index is 12.2. The molecule has 0 spiro atoms. The Balaban J connectivity index is 1.32. The van der Waals surface area contributed by atoms with Crippen LogP contribution in [0, 0.1) is 0 Å². The predicted molar refractivity (Wildman–Crippen MR) is 122 cm³/mol. The van der Waals surface area contributed by atoms with Gasteiger partial charge in [-0.15, -0.1) is 22.7 Å². The molecule has 2 aromatic heterocycles. The molecule has 4 rings (SSSR count). The van der Waals surface area contributed by atoms with Crippen LogP contribution >= 0.6 is 34.3 Å². The van der Waals surface area contributed by atoms with E-state index in [-0.39, 0.29) is 12.3 Å². The molecule has 0 saturated carbocycles. The Labute approximate surface area is 196 Å². The normalized spacial score (nSPS) is 14.2. The first-order chi connectivity index (χ1) is 15.5. The minimum absolute atomic E-state index is 0.0426. The van der Waals surface area contributed by atoms with Crippen molar-refractivity contribution in [3.63, 3.8) is 0 Å². The second kappa shape index (κ2) is 10.2. The summed E-state index contributed by atoms with van der Waals surface area (Å²) in [6.45, 7) is 0.663. The van der Waals surface area contributed by atoms with Gasteiger partial charge in [0.1, 0.15) is 0 Å². The second-order valence-corrected chi connectivity index (χ2v) is 9.14. The number of halogens is 1. The van der Waals surface area contributed by atoms with Crippen LogP contribution in [0.5, 0.6) is 0 Å². The van der Waals surface area contributed by atoms with E-state index >= 15 is 0 Å². The number of hydrogen-bond donors (Lipinski definition) is 0. The van der Waals surface area contributed by atoms with E-state index in [4.69, 9.17) is 16.3 Å². The lowest BCUT2D eigenvalue weighted by Crippen LogP contribution is -2.23. The van der Waals surface area contributed by atoms with Crippen molar-refractivity contribution < 1.29 is 19.1 Å². The van der Waals surface area contributed by atoms with Gasteiger partial charge in [0.15, 0.2) is 16.5 Å². The summed E-state index contributed by atoms with van der Waals surface area (Å²) in [6, 6.07) is 7.46. The van der Waals surface area contributed by atoms with Gasteiger partial charge in [-0.1, -0.05) is 29.8 Å². The number of rotatable bonds is 7. The van der Waals surface area contributed by atoms with Gasteiger partial charge in [0, 0.05) is 34.9 Å². The molecule has 2 amide bonds. The third-order valence-corrected chi connectivity index (χ3v) is 6.78.